The van der Waals surface area contributed by atoms with Gasteiger partial charge in [0.15, 0.2) is 0 Å². The lowest BCUT2D eigenvalue weighted by molar-refractivity contribution is 0.280. The Bertz CT molecular complexity index is 287. The first-order valence-electron chi connectivity index (χ1n) is 4.13. The summed E-state index contributed by atoms with van der Waals surface area (Å²) >= 11 is 0. The van der Waals surface area contributed by atoms with E-state index >= 15 is 0 Å². The second kappa shape index (κ2) is 3.92. The Morgan fingerprint density at radius 2 is 1.62 bits per heavy atom. The Kier molecular flexibility index (Phi) is 3.09. The van der Waals surface area contributed by atoms with E-state index in [1.54, 1.807) is 12.1 Å². The molecule has 0 spiro atoms. The fourth-order valence-electron chi connectivity index (χ4n) is 1.43. The fourth-order valence-corrected chi connectivity index (χ4v) is 1.43. The number of aliphatic hydroxyl groups is 1. The largest absolute Gasteiger partial charge is 0.488 e. The molecule has 0 aliphatic rings. The zero-order valence-corrected chi connectivity index (χ0v) is 7.78. The number of aryl methyl sites for hydroxylation is 2. The first kappa shape index (κ1) is 10.2. The molecule has 0 saturated heterocycles. The average Bonchev–Trinajstić information content (AvgIpc) is 2.03. The molecule has 70 valence electrons. The summed E-state index contributed by atoms with van der Waals surface area (Å²) in [6.07, 6.45) is 0. The maximum Gasteiger partial charge on any atom is 0.488 e. The van der Waals surface area contributed by atoms with Crippen LogP contribution in [0.2, 0.25) is 0 Å². The molecule has 4 heteroatoms. The van der Waals surface area contributed by atoms with E-state index < -0.39 is 7.12 Å². The van der Waals surface area contributed by atoms with Crippen LogP contribution >= 0.6 is 0 Å². The van der Waals surface area contributed by atoms with E-state index in [9.17, 15) is 0 Å². The fraction of sp³-hybridized carbons (Fsp3) is 0.333. The van der Waals surface area contributed by atoms with Crippen LogP contribution in [0.3, 0.4) is 0 Å². The monoisotopic (exact) mass is 180 g/mol. The Morgan fingerprint density at radius 1 is 1.15 bits per heavy atom. The van der Waals surface area contributed by atoms with Crippen molar-refractivity contribution in [1.82, 2.24) is 0 Å². The van der Waals surface area contributed by atoms with Gasteiger partial charge in [-0.25, -0.2) is 0 Å². The van der Waals surface area contributed by atoms with Crippen molar-refractivity contribution in [3.63, 3.8) is 0 Å². The summed E-state index contributed by atoms with van der Waals surface area (Å²) in [4.78, 5) is 0. The van der Waals surface area contributed by atoms with Gasteiger partial charge in [-0.05, 0) is 36.0 Å². The van der Waals surface area contributed by atoms with Crippen molar-refractivity contribution in [3.8, 4) is 0 Å². The van der Waals surface area contributed by atoms with Crippen LogP contribution in [0.25, 0.3) is 0 Å². The minimum absolute atomic E-state index is 0.0144. The van der Waals surface area contributed by atoms with Crippen molar-refractivity contribution in [2.75, 3.05) is 0 Å². The van der Waals surface area contributed by atoms with Crippen LogP contribution in [0.15, 0.2) is 12.1 Å². The van der Waals surface area contributed by atoms with Crippen LogP contribution in [-0.4, -0.2) is 22.3 Å². The summed E-state index contributed by atoms with van der Waals surface area (Å²) in [7, 11) is -1.44. The van der Waals surface area contributed by atoms with Gasteiger partial charge in [-0.15, -0.1) is 0 Å². The van der Waals surface area contributed by atoms with Crippen LogP contribution < -0.4 is 5.46 Å². The Hall–Kier alpha value is -0.835. The first-order chi connectivity index (χ1) is 6.06. The number of hydrogen-bond donors (Lipinski definition) is 3. The summed E-state index contributed by atoms with van der Waals surface area (Å²) in [5, 5.41) is 26.9. The molecule has 1 aromatic carbocycles. The summed E-state index contributed by atoms with van der Waals surface area (Å²) < 4.78 is 0. The molecule has 3 nitrogen and oxygen atoms in total. The van der Waals surface area contributed by atoms with E-state index in [-0.39, 0.29) is 6.61 Å². The van der Waals surface area contributed by atoms with E-state index in [4.69, 9.17) is 15.2 Å². The van der Waals surface area contributed by atoms with Gasteiger partial charge >= 0.3 is 7.12 Å². The van der Waals surface area contributed by atoms with Crippen LogP contribution in [0.5, 0.6) is 0 Å². The van der Waals surface area contributed by atoms with Gasteiger partial charge in [-0.1, -0.05) is 12.1 Å². The summed E-state index contributed by atoms with van der Waals surface area (Å²) in [6.45, 7) is 3.66. The van der Waals surface area contributed by atoms with Crippen molar-refractivity contribution in [1.29, 1.82) is 0 Å². The van der Waals surface area contributed by atoms with E-state index in [1.165, 1.54) is 0 Å². The highest BCUT2D eigenvalue weighted by Crippen LogP contribution is 2.11. The van der Waals surface area contributed by atoms with Crippen LogP contribution in [0.4, 0.5) is 0 Å². The average molecular weight is 180 g/mol. The second-order valence-electron chi connectivity index (χ2n) is 3.17. The van der Waals surface area contributed by atoms with E-state index in [2.05, 4.69) is 0 Å². The second-order valence-corrected chi connectivity index (χ2v) is 3.17. The molecular formula is C9H13BO3. The maximum atomic E-state index is 9.00. The number of rotatable bonds is 2. The number of aliphatic hydroxyl groups excluding tert-OH is 1. The molecule has 0 saturated carbocycles. The topological polar surface area (TPSA) is 60.7 Å². The number of hydrogen-bond acceptors (Lipinski definition) is 3. The quantitative estimate of drug-likeness (QED) is 0.536. The van der Waals surface area contributed by atoms with E-state index in [0.717, 1.165) is 16.7 Å². The highest BCUT2D eigenvalue weighted by Gasteiger charge is 2.13. The molecule has 0 amide bonds. The van der Waals surface area contributed by atoms with Gasteiger partial charge in [0.05, 0.1) is 6.61 Å². The van der Waals surface area contributed by atoms with Gasteiger partial charge in [0.1, 0.15) is 0 Å². The molecule has 0 heterocycles. The molecule has 0 aliphatic heterocycles. The first-order valence-corrected chi connectivity index (χ1v) is 4.13. The molecule has 0 atom stereocenters. The summed E-state index contributed by atoms with van der Waals surface area (Å²) in [5.41, 5.74) is 3.08. The van der Waals surface area contributed by atoms with Crippen molar-refractivity contribution in [2.24, 2.45) is 0 Å². The van der Waals surface area contributed by atoms with Crippen molar-refractivity contribution < 1.29 is 15.2 Å². The summed E-state index contributed by atoms with van der Waals surface area (Å²) in [6, 6.07) is 3.34. The minimum atomic E-state index is -1.44. The molecule has 0 bridgehead atoms. The SMILES string of the molecule is Cc1cc(B(O)O)cc(C)c1CO. The van der Waals surface area contributed by atoms with Crippen LogP contribution in [0, 0.1) is 13.8 Å². The third-order valence-electron chi connectivity index (χ3n) is 2.17. The smallest absolute Gasteiger partial charge is 0.423 e. The summed E-state index contributed by atoms with van der Waals surface area (Å²) in [5.74, 6) is 0. The molecule has 0 aliphatic carbocycles. The standard InChI is InChI=1S/C9H13BO3/c1-6-3-8(10(12)13)4-7(2)9(6)5-11/h3-4,11-13H,5H2,1-2H3. The van der Waals surface area contributed by atoms with Crippen molar-refractivity contribution in [3.05, 3.63) is 28.8 Å². The lowest BCUT2D eigenvalue weighted by Gasteiger charge is -2.09. The molecule has 13 heavy (non-hydrogen) atoms. The Morgan fingerprint density at radius 3 is 1.92 bits per heavy atom. The van der Waals surface area contributed by atoms with Crippen molar-refractivity contribution >= 4 is 12.6 Å². The highest BCUT2D eigenvalue weighted by atomic mass is 16.4. The van der Waals surface area contributed by atoms with Gasteiger partial charge in [0, 0.05) is 0 Å². The lowest BCUT2D eigenvalue weighted by atomic mass is 9.78. The molecular weight excluding hydrogens is 167 g/mol. The molecule has 0 radical (unpaired) electrons. The van der Waals surface area contributed by atoms with Gasteiger partial charge in [-0.2, -0.15) is 0 Å². The van der Waals surface area contributed by atoms with Gasteiger partial charge < -0.3 is 15.2 Å². The van der Waals surface area contributed by atoms with Gasteiger partial charge in [0.2, 0.25) is 0 Å². The van der Waals surface area contributed by atoms with Gasteiger partial charge in [-0.3, -0.25) is 0 Å². The van der Waals surface area contributed by atoms with E-state index in [1.807, 2.05) is 13.8 Å². The molecule has 3 N–H and O–H groups in total. The maximum absolute atomic E-state index is 9.00. The molecule has 0 unspecified atom stereocenters. The van der Waals surface area contributed by atoms with E-state index in [0.29, 0.717) is 5.46 Å². The van der Waals surface area contributed by atoms with Gasteiger partial charge in [0.25, 0.3) is 0 Å². The molecule has 0 aromatic heterocycles. The third-order valence-corrected chi connectivity index (χ3v) is 2.17. The molecule has 1 aromatic rings. The Balaban J connectivity index is 3.20. The zero-order valence-electron chi connectivity index (χ0n) is 7.78. The third kappa shape index (κ3) is 2.09. The van der Waals surface area contributed by atoms with Crippen LogP contribution in [-0.2, 0) is 6.61 Å². The normalized spacial score (nSPS) is 10.2. The Labute approximate surface area is 77.8 Å². The predicted molar refractivity (Wildman–Crippen MR) is 51.7 cm³/mol. The van der Waals surface area contributed by atoms with Crippen molar-refractivity contribution in [2.45, 2.75) is 20.5 Å². The van der Waals surface area contributed by atoms with Crippen LogP contribution in [0.1, 0.15) is 16.7 Å². The predicted octanol–water partition coefficient (Wildman–Crippen LogP) is -0.524. The molecule has 1 rings (SSSR count). The molecule has 0 fully saturated rings. The lowest BCUT2D eigenvalue weighted by Crippen LogP contribution is -2.30. The number of benzene rings is 1. The highest BCUT2D eigenvalue weighted by molar-refractivity contribution is 6.58. The minimum Gasteiger partial charge on any atom is -0.423 e. The zero-order chi connectivity index (χ0) is 10.0.